The Balaban J connectivity index is 1.66. The summed E-state index contributed by atoms with van der Waals surface area (Å²) in [6.45, 7) is 0. The van der Waals surface area contributed by atoms with Crippen LogP contribution in [0.4, 0.5) is 0 Å². The van der Waals surface area contributed by atoms with Gasteiger partial charge < -0.3 is 0 Å². The summed E-state index contributed by atoms with van der Waals surface area (Å²) in [5.74, 6) is 0. The van der Waals surface area contributed by atoms with E-state index < -0.39 is 0 Å². The normalized spacial score (nSPS) is 10.7. The Kier molecular flexibility index (Phi) is 5.30. The van der Waals surface area contributed by atoms with Gasteiger partial charge in [-0.25, -0.2) is 0 Å². The molecule has 0 bridgehead atoms. The van der Waals surface area contributed by atoms with E-state index in [4.69, 9.17) is 11.6 Å². The minimum atomic E-state index is 0.738. The van der Waals surface area contributed by atoms with Gasteiger partial charge in [-0.05, 0) is 105 Å². The van der Waals surface area contributed by atoms with Gasteiger partial charge in [0.1, 0.15) is 0 Å². The fraction of sp³-hybridized carbons (Fsp3) is 0. The van der Waals surface area contributed by atoms with E-state index in [-0.39, 0.29) is 0 Å². The maximum absolute atomic E-state index is 6.22. The van der Waals surface area contributed by atoms with E-state index >= 15 is 0 Å². The third-order valence-electron chi connectivity index (χ3n) is 5.31. The van der Waals surface area contributed by atoms with Crippen LogP contribution in [0, 0.1) is 0 Å². The lowest BCUT2D eigenvalue weighted by Crippen LogP contribution is -1.87. The minimum absolute atomic E-state index is 0.738. The molecule has 0 unspecified atom stereocenters. The highest BCUT2D eigenvalue weighted by Gasteiger charge is 2.09. The van der Waals surface area contributed by atoms with Gasteiger partial charge in [-0.2, -0.15) is 0 Å². The maximum Gasteiger partial charge on any atom is 0.0412 e. The Labute approximate surface area is 186 Å². The number of pyridine rings is 2. The molecule has 5 aromatic rings. The van der Waals surface area contributed by atoms with Gasteiger partial charge in [-0.3, -0.25) is 9.97 Å². The molecule has 0 N–H and O–H groups in total. The van der Waals surface area contributed by atoms with Crippen molar-refractivity contribution < 1.29 is 0 Å². The van der Waals surface area contributed by atoms with E-state index in [2.05, 4.69) is 58.5 Å². The minimum Gasteiger partial charge on any atom is -0.265 e. The molecule has 0 atom stereocenters. The molecule has 3 heteroatoms. The average Bonchev–Trinajstić information content (AvgIpc) is 2.85. The maximum atomic E-state index is 6.22. The number of hydrogen-bond donors (Lipinski definition) is 0. The van der Waals surface area contributed by atoms with Crippen LogP contribution >= 0.6 is 11.6 Å². The van der Waals surface area contributed by atoms with Crippen LogP contribution in [0.15, 0.2) is 116 Å². The van der Waals surface area contributed by atoms with Crippen LogP contribution in [0.25, 0.3) is 44.5 Å². The van der Waals surface area contributed by atoms with Crippen molar-refractivity contribution in [3.8, 4) is 44.5 Å². The molecular weight excluding hydrogens is 400 g/mol. The first-order chi connectivity index (χ1) is 15.3. The number of rotatable bonds is 4. The van der Waals surface area contributed by atoms with Crippen LogP contribution in [0.5, 0.6) is 0 Å². The standard InChI is InChI=1S/C28H19ClN2/c29-28-6-2-5-24(19-28)22-3-1-4-23(15-22)27-17-25(20-7-11-30-12-8-20)16-26(18-27)21-9-13-31-14-10-21/h1-19H. The van der Waals surface area contributed by atoms with Crippen LogP contribution in [-0.4, -0.2) is 9.97 Å². The van der Waals surface area contributed by atoms with Crippen molar-refractivity contribution in [2.24, 2.45) is 0 Å². The second kappa shape index (κ2) is 8.55. The molecule has 148 valence electrons. The molecule has 5 rings (SSSR count). The summed E-state index contributed by atoms with van der Waals surface area (Å²) >= 11 is 6.22. The third kappa shape index (κ3) is 4.25. The molecule has 3 aromatic carbocycles. The molecular formula is C28H19ClN2. The molecule has 0 saturated carbocycles. The van der Waals surface area contributed by atoms with E-state index in [9.17, 15) is 0 Å². The molecule has 0 aliphatic carbocycles. The number of nitrogens with zero attached hydrogens (tertiary/aromatic N) is 2. The van der Waals surface area contributed by atoms with Gasteiger partial charge in [0.05, 0.1) is 0 Å². The summed E-state index contributed by atoms with van der Waals surface area (Å²) in [5.41, 5.74) is 9.14. The van der Waals surface area contributed by atoms with Gasteiger partial charge >= 0.3 is 0 Å². The smallest absolute Gasteiger partial charge is 0.0412 e. The Morgan fingerprint density at radius 2 is 0.774 bits per heavy atom. The summed E-state index contributed by atoms with van der Waals surface area (Å²) in [6.07, 6.45) is 7.31. The van der Waals surface area contributed by atoms with E-state index in [0.717, 1.165) is 49.5 Å². The van der Waals surface area contributed by atoms with E-state index in [0.29, 0.717) is 0 Å². The van der Waals surface area contributed by atoms with E-state index in [1.165, 1.54) is 0 Å². The van der Waals surface area contributed by atoms with Gasteiger partial charge in [-0.1, -0.05) is 41.9 Å². The summed E-state index contributed by atoms with van der Waals surface area (Å²) in [7, 11) is 0. The fourth-order valence-corrected chi connectivity index (χ4v) is 3.95. The van der Waals surface area contributed by atoms with Crippen molar-refractivity contribution >= 4 is 11.6 Å². The van der Waals surface area contributed by atoms with Gasteiger partial charge in [0.2, 0.25) is 0 Å². The summed E-state index contributed by atoms with van der Waals surface area (Å²) in [6, 6.07) is 31.4. The highest BCUT2D eigenvalue weighted by Crippen LogP contribution is 2.34. The molecule has 0 aliphatic heterocycles. The lowest BCUT2D eigenvalue weighted by Gasteiger charge is -2.12. The lowest BCUT2D eigenvalue weighted by molar-refractivity contribution is 1.33. The van der Waals surface area contributed by atoms with Crippen LogP contribution < -0.4 is 0 Å². The van der Waals surface area contributed by atoms with Gasteiger partial charge in [0, 0.05) is 29.8 Å². The summed E-state index contributed by atoms with van der Waals surface area (Å²) < 4.78 is 0. The van der Waals surface area contributed by atoms with Crippen LogP contribution in [-0.2, 0) is 0 Å². The molecule has 31 heavy (non-hydrogen) atoms. The number of hydrogen-bond acceptors (Lipinski definition) is 2. The molecule has 0 radical (unpaired) electrons. The quantitative estimate of drug-likeness (QED) is 0.297. The van der Waals surface area contributed by atoms with Crippen LogP contribution in [0.1, 0.15) is 0 Å². The number of benzene rings is 3. The van der Waals surface area contributed by atoms with E-state index in [1.807, 2.05) is 67.3 Å². The predicted molar refractivity (Wildman–Crippen MR) is 129 cm³/mol. The monoisotopic (exact) mass is 418 g/mol. The second-order valence-corrected chi connectivity index (χ2v) is 7.80. The van der Waals surface area contributed by atoms with Crippen molar-refractivity contribution in [1.29, 1.82) is 0 Å². The number of halogens is 1. The van der Waals surface area contributed by atoms with Crippen LogP contribution in [0.2, 0.25) is 5.02 Å². The highest BCUT2D eigenvalue weighted by atomic mass is 35.5. The fourth-order valence-electron chi connectivity index (χ4n) is 3.76. The average molecular weight is 419 g/mol. The van der Waals surface area contributed by atoms with Crippen molar-refractivity contribution in [2.75, 3.05) is 0 Å². The molecule has 0 amide bonds. The molecule has 0 fully saturated rings. The van der Waals surface area contributed by atoms with Crippen molar-refractivity contribution in [3.63, 3.8) is 0 Å². The Morgan fingerprint density at radius 3 is 1.29 bits per heavy atom. The molecule has 0 aliphatic rings. The van der Waals surface area contributed by atoms with Crippen molar-refractivity contribution in [2.45, 2.75) is 0 Å². The van der Waals surface area contributed by atoms with E-state index in [1.54, 1.807) is 0 Å². The number of aromatic nitrogens is 2. The third-order valence-corrected chi connectivity index (χ3v) is 5.55. The molecule has 0 saturated heterocycles. The first-order valence-corrected chi connectivity index (χ1v) is 10.5. The Hall–Kier alpha value is -3.75. The van der Waals surface area contributed by atoms with Gasteiger partial charge in [-0.15, -0.1) is 0 Å². The topological polar surface area (TPSA) is 25.8 Å². The Morgan fingerprint density at radius 1 is 0.387 bits per heavy atom. The molecule has 0 spiro atoms. The second-order valence-electron chi connectivity index (χ2n) is 7.36. The lowest BCUT2D eigenvalue weighted by atomic mass is 9.92. The Bertz CT molecular complexity index is 1270. The first kappa shape index (κ1) is 19.2. The SMILES string of the molecule is Clc1cccc(-c2cccc(-c3cc(-c4ccncc4)cc(-c4ccncc4)c3)c2)c1. The summed E-state index contributed by atoms with van der Waals surface area (Å²) in [5, 5.41) is 0.738. The van der Waals surface area contributed by atoms with Gasteiger partial charge in [0.15, 0.2) is 0 Å². The van der Waals surface area contributed by atoms with Crippen molar-refractivity contribution in [1.82, 2.24) is 9.97 Å². The largest absolute Gasteiger partial charge is 0.265 e. The van der Waals surface area contributed by atoms with Crippen LogP contribution in [0.3, 0.4) is 0 Å². The predicted octanol–water partition coefficient (Wildman–Crippen LogP) is 7.80. The molecule has 2 aromatic heterocycles. The molecule has 2 nitrogen and oxygen atoms in total. The first-order valence-electron chi connectivity index (χ1n) is 10.1. The van der Waals surface area contributed by atoms with Crippen molar-refractivity contribution in [3.05, 3.63) is 121 Å². The zero-order valence-corrected chi connectivity index (χ0v) is 17.5. The highest BCUT2D eigenvalue weighted by molar-refractivity contribution is 6.30. The summed E-state index contributed by atoms with van der Waals surface area (Å²) in [4.78, 5) is 8.33. The van der Waals surface area contributed by atoms with Gasteiger partial charge in [0.25, 0.3) is 0 Å². The molecule has 2 heterocycles. The zero-order chi connectivity index (χ0) is 21.0. The zero-order valence-electron chi connectivity index (χ0n) is 16.7.